The predicted molar refractivity (Wildman–Crippen MR) is 159 cm³/mol. The van der Waals surface area contributed by atoms with Gasteiger partial charge in [-0.2, -0.15) is 0 Å². The van der Waals surface area contributed by atoms with Gasteiger partial charge in [-0.3, -0.25) is 9.59 Å². The van der Waals surface area contributed by atoms with E-state index in [4.69, 9.17) is 23.2 Å². The van der Waals surface area contributed by atoms with Crippen molar-refractivity contribution in [1.82, 2.24) is 25.1 Å². The Morgan fingerprint density at radius 2 is 1.82 bits per heavy atom. The van der Waals surface area contributed by atoms with Crippen molar-refractivity contribution >= 4 is 63.2 Å². The summed E-state index contributed by atoms with van der Waals surface area (Å²) in [6, 6.07) is 14.2. The van der Waals surface area contributed by atoms with Crippen molar-refractivity contribution in [2.24, 2.45) is 5.92 Å². The molecule has 0 radical (unpaired) electrons. The van der Waals surface area contributed by atoms with Crippen LogP contribution < -0.4 is 10.6 Å². The maximum absolute atomic E-state index is 13.0. The first-order valence-electron chi connectivity index (χ1n) is 12.3. The second-order valence-corrected chi connectivity index (χ2v) is 12.0. The van der Waals surface area contributed by atoms with Crippen LogP contribution in [0.4, 0.5) is 5.13 Å². The van der Waals surface area contributed by atoms with Crippen molar-refractivity contribution in [2.75, 3.05) is 11.1 Å². The third-order valence-corrected chi connectivity index (χ3v) is 8.49. The Morgan fingerprint density at radius 3 is 2.49 bits per heavy atom. The Balaban J connectivity index is 1.43. The molecule has 1 atom stereocenters. The minimum Gasteiger partial charge on any atom is -0.342 e. The molecule has 0 aliphatic heterocycles. The number of thioether (sulfide) groups is 1. The van der Waals surface area contributed by atoms with E-state index >= 15 is 0 Å². The summed E-state index contributed by atoms with van der Waals surface area (Å²) in [5, 5.41) is 16.5. The molecule has 0 unspecified atom stereocenters. The van der Waals surface area contributed by atoms with Crippen molar-refractivity contribution in [3.63, 3.8) is 0 Å². The number of aromatic nitrogens is 4. The first-order chi connectivity index (χ1) is 18.7. The van der Waals surface area contributed by atoms with Crippen LogP contribution in [0.3, 0.4) is 0 Å². The lowest BCUT2D eigenvalue weighted by molar-refractivity contribution is -0.113. The van der Waals surface area contributed by atoms with E-state index in [2.05, 4.69) is 25.8 Å². The number of amides is 2. The molecule has 0 aliphatic rings. The predicted octanol–water partition coefficient (Wildman–Crippen LogP) is 6.89. The number of hydrogen-bond acceptors (Lipinski definition) is 7. The molecule has 0 fully saturated rings. The number of rotatable bonds is 10. The fraction of sp³-hybridized carbons (Fsp3) is 0.296. The third kappa shape index (κ3) is 7.00. The highest BCUT2D eigenvalue weighted by atomic mass is 35.5. The van der Waals surface area contributed by atoms with Crippen molar-refractivity contribution in [3.05, 3.63) is 74.8 Å². The fourth-order valence-electron chi connectivity index (χ4n) is 3.92. The molecule has 2 heterocycles. The van der Waals surface area contributed by atoms with Gasteiger partial charge in [-0.15, -0.1) is 21.5 Å². The van der Waals surface area contributed by atoms with Gasteiger partial charge in [-0.1, -0.05) is 79.1 Å². The van der Waals surface area contributed by atoms with E-state index in [1.165, 1.54) is 29.2 Å². The summed E-state index contributed by atoms with van der Waals surface area (Å²) >= 11 is 14.8. The topological polar surface area (TPSA) is 102 Å². The molecule has 0 spiro atoms. The zero-order valence-corrected chi connectivity index (χ0v) is 25.0. The van der Waals surface area contributed by atoms with E-state index in [9.17, 15) is 9.59 Å². The number of hydrogen-bond donors (Lipinski definition) is 2. The summed E-state index contributed by atoms with van der Waals surface area (Å²) < 4.78 is 1.92. The highest BCUT2D eigenvalue weighted by Crippen LogP contribution is 2.31. The van der Waals surface area contributed by atoms with Gasteiger partial charge in [0.25, 0.3) is 5.91 Å². The molecule has 0 aliphatic carbocycles. The highest BCUT2D eigenvalue weighted by Gasteiger charge is 2.26. The van der Waals surface area contributed by atoms with E-state index in [0.29, 0.717) is 38.3 Å². The summed E-state index contributed by atoms with van der Waals surface area (Å²) in [5.74, 6) is 0.305. The van der Waals surface area contributed by atoms with E-state index in [1.54, 1.807) is 12.1 Å². The van der Waals surface area contributed by atoms with E-state index in [-0.39, 0.29) is 23.5 Å². The molecule has 4 aromatic rings. The number of halogens is 2. The smallest absolute Gasteiger partial charge is 0.251 e. The SMILES string of the molecule is CCn1c(SCC(=O)Nc2nc(-c3ccccc3)c(C)s2)nnc1[C@H](NC(=O)c1ccc(Cl)c(Cl)c1)C(C)C. The van der Waals surface area contributed by atoms with Crippen LogP contribution in [0.2, 0.25) is 10.0 Å². The maximum Gasteiger partial charge on any atom is 0.251 e. The first kappa shape index (κ1) is 29.1. The zero-order valence-electron chi connectivity index (χ0n) is 21.9. The van der Waals surface area contributed by atoms with Crippen LogP contribution in [0.15, 0.2) is 53.7 Å². The average Bonchev–Trinajstić information content (AvgIpc) is 3.49. The average molecular weight is 604 g/mol. The minimum atomic E-state index is -0.405. The molecular formula is C27H28Cl2N6O2S2. The van der Waals surface area contributed by atoms with Crippen molar-refractivity contribution in [1.29, 1.82) is 0 Å². The number of anilines is 1. The van der Waals surface area contributed by atoms with Crippen LogP contribution in [0, 0.1) is 12.8 Å². The highest BCUT2D eigenvalue weighted by molar-refractivity contribution is 7.99. The lowest BCUT2D eigenvalue weighted by atomic mass is 10.0. The van der Waals surface area contributed by atoms with Gasteiger partial charge in [-0.05, 0) is 38.0 Å². The second kappa shape index (κ2) is 13.0. The Kier molecular flexibility index (Phi) is 9.66. The Morgan fingerprint density at radius 1 is 1.08 bits per heavy atom. The maximum atomic E-state index is 13.0. The largest absolute Gasteiger partial charge is 0.342 e. The molecule has 2 N–H and O–H groups in total. The molecule has 2 aromatic heterocycles. The zero-order chi connectivity index (χ0) is 28.1. The minimum absolute atomic E-state index is 0.0272. The standard InChI is InChI=1S/C27H28Cl2N6O2S2/c1-5-35-24(22(15(2)3)31-25(37)18-11-12-19(28)20(29)13-18)33-34-27(35)38-14-21(36)30-26-32-23(16(4)39-26)17-9-7-6-8-10-17/h6-13,15,22H,5,14H2,1-4H3,(H,31,37)(H,30,32,36)/t22-/m1/s1. The summed E-state index contributed by atoms with van der Waals surface area (Å²) in [5.41, 5.74) is 2.27. The number of nitrogens with one attached hydrogen (secondary N) is 2. The Labute approximate surface area is 245 Å². The third-order valence-electron chi connectivity index (χ3n) is 5.90. The fourth-order valence-corrected chi connectivity index (χ4v) is 5.88. The number of benzene rings is 2. The van der Waals surface area contributed by atoms with Crippen molar-refractivity contribution in [2.45, 2.75) is 45.4 Å². The van der Waals surface area contributed by atoms with Gasteiger partial charge in [0, 0.05) is 22.5 Å². The molecule has 39 heavy (non-hydrogen) atoms. The number of carbonyl (C=O) groups is 2. The van der Waals surface area contributed by atoms with Crippen molar-refractivity contribution in [3.8, 4) is 11.3 Å². The van der Waals surface area contributed by atoms with Gasteiger partial charge >= 0.3 is 0 Å². The molecule has 0 saturated carbocycles. The number of nitrogens with zero attached hydrogens (tertiary/aromatic N) is 4. The molecule has 12 heteroatoms. The number of aryl methyl sites for hydroxylation is 1. The van der Waals surface area contributed by atoms with Gasteiger partial charge in [0.05, 0.1) is 27.5 Å². The molecular weight excluding hydrogens is 575 g/mol. The van der Waals surface area contributed by atoms with Gasteiger partial charge in [0.15, 0.2) is 16.1 Å². The first-order valence-corrected chi connectivity index (χ1v) is 14.9. The summed E-state index contributed by atoms with van der Waals surface area (Å²) in [7, 11) is 0. The molecule has 8 nitrogen and oxygen atoms in total. The lowest BCUT2D eigenvalue weighted by Crippen LogP contribution is -2.33. The lowest BCUT2D eigenvalue weighted by Gasteiger charge is -2.22. The van der Waals surface area contributed by atoms with Crippen LogP contribution in [0.25, 0.3) is 11.3 Å². The van der Waals surface area contributed by atoms with Crippen LogP contribution in [0.5, 0.6) is 0 Å². The number of carbonyl (C=O) groups excluding carboxylic acids is 2. The molecule has 2 amide bonds. The molecule has 4 rings (SSSR count). The Bertz CT molecular complexity index is 1470. The van der Waals surface area contributed by atoms with Crippen LogP contribution in [0.1, 0.15) is 47.9 Å². The van der Waals surface area contributed by atoms with Gasteiger partial charge < -0.3 is 15.2 Å². The van der Waals surface area contributed by atoms with E-state index in [0.717, 1.165) is 16.1 Å². The summed E-state index contributed by atoms with van der Waals surface area (Å²) in [4.78, 5) is 31.4. The van der Waals surface area contributed by atoms with Gasteiger partial charge in [0.1, 0.15) is 0 Å². The monoisotopic (exact) mass is 602 g/mol. The second-order valence-electron chi connectivity index (χ2n) is 9.04. The number of thiazole rings is 1. The Hall–Kier alpha value is -2.92. The molecule has 204 valence electrons. The molecule has 2 aromatic carbocycles. The van der Waals surface area contributed by atoms with Crippen molar-refractivity contribution < 1.29 is 9.59 Å². The summed E-state index contributed by atoms with van der Waals surface area (Å²) in [6.45, 7) is 8.52. The molecule has 0 saturated heterocycles. The van der Waals surface area contributed by atoms with Gasteiger partial charge in [-0.25, -0.2) is 4.98 Å². The quantitative estimate of drug-likeness (QED) is 0.191. The van der Waals surface area contributed by atoms with Gasteiger partial charge in [0.2, 0.25) is 5.91 Å². The normalized spacial score (nSPS) is 12.0. The van der Waals surface area contributed by atoms with E-state index < -0.39 is 6.04 Å². The molecule has 0 bridgehead atoms. The van der Waals surface area contributed by atoms with Crippen LogP contribution >= 0.6 is 46.3 Å². The van der Waals surface area contributed by atoms with Crippen LogP contribution in [-0.4, -0.2) is 37.3 Å². The summed E-state index contributed by atoms with van der Waals surface area (Å²) in [6.07, 6.45) is 0. The van der Waals surface area contributed by atoms with E-state index in [1.807, 2.05) is 62.6 Å². The van der Waals surface area contributed by atoms with Crippen LogP contribution in [-0.2, 0) is 11.3 Å².